The number of fused-ring (bicyclic) bond motifs is 4. The van der Waals surface area contributed by atoms with Crippen LogP contribution in [0.15, 0.2) is 22.8 Å². The second kappa shape index (κ2) is 5.71. The fraction of sp³-hybridized carbons (Fsp3) is 0.739. The summed E-state index contributed by atoms with van der Waals surface area (Å²) in [4.78, 5) is 0. The third-order valence-corrected chi connectivity index (χ3v) is 8.13. The van der Waals surface area contributed by atoms with Gasteiger partial charge in [0.05, 0.1) is 13.2 Å². The molecule has 3 nitrogen and oxygen atoms in total. The highest BCUT2D eigenvalue weighted by atomic mass is 16.7. The van der Waals surface area contributed by atoms with Crippen LogP contribution in [0.1, 0.15) is 65.2 Å². The van der Waals surface area contributed by atoms with Gasteiger partial charge in [-0.05, 0) is 68.4 Å². The van der Waals surface area contributed by atoms with Crippen molar-refractivity contribution in [2.75, 3.05) is 13.2 Å². The summed E-state index contributed by atoms with van der Waals surface area (Å²) < 4.78 is 12.0. The first-order valence-electron chi connectivity index (χ1n) is 10.4. The van der Waals surface area contributed by atoms with E-state index in [2.05, 4.69) is 24.8 Å². The largest absolute Gasteiger partial charge is 0.377 e. The Morgan fingerprint density at radius 3 is 2.73 bits per heavy atom. The molecule has 1 N–H and O–H groups in total. The monoisotopic (exact) mass is 354 g/mol. The first kappa shape index (κ1) is 17.0. The van der Waals surface area contributed by atoms with E-state index >= 15 is 0 Å². The molecule has 3 heteroatoms. The van der Waals surface area contributed by atoms with Crippen LogP contribution in [-0.2, 0) is 9.47 Å². The summed E-state index contributed by atoms with van der Waals surface area (Å²) in [6.45, 7) is 5.61. The Labute approximate surface area is 156 Å². The topological polar surface area (TPSA) is 38.7 Å². The lowest BCUT2D eigenvalue weighted by Crippen LogP contribution is -2.48. The molecule has 0 bridgehead atoms. The van der Waals surface area contributed by atoms with Crippen LogP contribution in [0.5, 0.6) is 0 Å². The number of ether oxygens (including phenoxy) is 2. The maximum Gasteiger partial charge on any atom is 0.172 e. The second-order valence-corrected chi connectivity index (χ2v) is 9.17. The van der Waals surface area contributed by atoms with E-state index in [4.69, 9.17) is 9.47 Å². The quantitative estimate of drug-likeness (QED) is 0.665. The second-order valence-electron chi connectivity index (χ2n) is 9.17. The lowest BCUT2D eigenvalue weighted by Gasteiger charge is -2.50. The van der Waals surface area contributed by atoms with Gasteiger partial charge in [-0.2, -0.15) is 0 Å². The smallest absolute Gasteiger partial charge is 0.172 e. The van der Waals surface area contributed by atoms with Gasteiger partial charge in [0.25, 0.3) is 0 Å². The van der Waals surface area contributed by atoms with E-state index in [-0.39, 0.29) is 11.2 Å². The fourth-order valence-corrected chi connectivity index (χ4v) is 6.72. The minimum absolute atomic E-state index is 0.101. The van der Waals surface area contributed by atoms with Gasteiger partial charge < -0.3 is 14.6 Å². The van der Waals surface area contributed by atoms with Crippen molar-refractivity contribution in [2.24, 2.45) is 17.3 Å². The average molecular weight is 354 g/mol. The van der Waals surface area contributed by atoms with Crippen LogP contribution in [0.4, 0.5) is 0 Å². The van der Waals surface area contributed by atoms with E-state index in [9.17, 15) is 5.11 Å². The summed E-state index contributed by atoms with van der Waals surface area (Å²) in [5, 5.41) is 11.3. The van der Waals surface area contributed by atoms with Crippen LogP contribution in [0, 0.1) is 29.1 Å². The van der Waals surface area contributed by atoms with Crippen molar-refractivity contribution in [1.29, 1.82) is 0 Å². The molecule has 0 aromatic heterocycles. The molecule has 2 unspecified atom stereocenters. The highest BCUT2D eigenvalue weighted by molar-refractivity contribution is 5.45. The molecule has 5 rings (SSSR count). The molecule has 0 aromatic carbocycles. The zero-order valence-corrected chi connectivity index (χ0v) is 16.1. The molecule has 4 aliphatic carbocycles. The van der Waals surface area contributed by atoms with Gasteiger partial charge in [-0.1, -0.05) is 24.5 Å². The molecule has 140 valence electrons. The maximum absolute atomic E-state index is 11.3. The average Bonchev–Trinajstić information content (AvgIpc) is 3.18. The molecule has 5 aliphatic rings. The Hall–Kier alpha value is -1.08. The van der Waals surface area contributed by atoms with Crippen LogP contribution in [0.25, 0.3) is 0 Å². The van der Waals surface area contributed by atoms with Gasteiger partial charge in [0.1, 0.15) is 5.60 Å². The SMILES string of the molecule is CC#C[C@]1(O)CCC2C3CCC4=C(CCC5(C4)OCCO5)C3=CC[C@@]21C. The Kier molecular flexibility index (Phi) is 3.74. The zero-order chi connectivity index (χ0) is 18.0. The van der Waals surface area contributed by atoms with Crippen LogP contribution in [0.2, 0.25) is 0 Å². The van der Waals surface area contributed by atoms with Crippen molar-refractivity contribution in [3.8, 4) is 11.8 Å². The van der Waals surface area contributed by atoms with Crippen molar-refractivity contribution < 1.29 is 14.6 Å². The molecule has 26 heavy (non-hydrogen) atoms. The minimum atomic E-state index is -0.814. The molecule has 0 radical (unpaired) electrons. The van der Waals surface area contributed by atoms with Gasteiger partial charge in [0, 0.05) is 18.3 Å². The van der Waals surface area contributed by atoms with Gasteiger partial charge in [0.15, 0.2) is 5.79 Å². The van der Waals surface area contributed by atoms with E-state index in [1.807, 2.05) is 6.92 Å². The van der Waals surface area contributed by atoms with Crippen LogP contribution in [0.3, 0.4) is 0 Å². The molecule has 1 aliphatic heterocycles. The summed E-state index contributed by atoms with van der Waals surface area (Å²) in [6, 6.07) is 0. The molecular weight excluding hydrogens is 324 g/mol. The first-order valence-corrected chi connectivity index (χ1v) is 10.4. The van der Waals surface area contributed by atoms with Gasteiger partial charge in [0.2, 0.25) is 0 Å². The summed E-state index contributed by atoms with van der Waals surface area (Å²) in [6.07, 6.45) is 10.7. The van der Waals surface area contributed by atoms with Gasteiger partial charge >= 0.3 is 0 Å². The predicted molar refractivity (Wildman–Crippen MR) is 100 cm³/mol. The number of hydrogen-bond acceptors (Lipinski definition) is 3. The number of hydrogen-bond donors (Lipinski definition) is 1. The van der Waals surface area contributed by atoms with Crippen molar-refractivity contribution >= 4 is 0 Å². The zero-order valence-electron chi connectivity index (χ0n) is 16.1. The van der Waals surface area contributed by atoms with Crippen LogP contribution >= 0.6 is 0 Å². The molecule has 1 spiro atoms. The predicted octanol–water partition coefficient (Wildman–Crippen LogP) is 4.12. The van der Waals surface area contributed by atoms with E-state index in [0.717, 1.165) is 58.2 Å². The normalized spacial score (nSPS) is 43.3. The van der Waals surface area contributed by atoms with E-state index < -0.39 is 5.60 Å². The van der Waals surface area contributed by atoms with E-state index in [1.54, 1.807) is 16.7 Å². The lowest BCUT2D eigenvalue weighted by atomic mass is 9.56. The van der Waals surface area contributed by atoms with Crippen molar-refractivity contribution in [3.63, 3.8) is 0 Å². The molecular formula is C23H30O3. The third kappa shape index (κ3) is 2.19. The highest BCUT2D eigenvalue weighted by Gasteiger charge is 2.60. The van der Waals surface area contributed by atoms with E-state index in [0.29, 0.717) is 11.8 Å². The molecule has 2 fully saturated rings. The molecule has 1 saturated heterocycles. The Morgan fingerprint density at radius 1 is 1.15 bits per heavy atom. The van der Waals surface area contributed by atoms with E-state index in [1.165, 1.54) is 6.42 Å². The maximum atomic E-state index is 11.3. The van der Waals surface area contributed by atoms with Crippen molar-refractivity contribution in [2.45, 2.75) is 76.6 Å². The molecule has 1 heterocycles. The van der Waals surface area contributed by atoms with Gasteiger partial charge in [-0.15, -0.1) is 5.92 Å². The molecule has 0 aromatic rings. The molecule has 1 saturated carbocycles. The van der Waals surface area contributed by atoms with Crippen molar-refractivity contribution in [1.82, 2.24) is 0 Å². The van der Waals surface area contributed by atoms with Crippen LogP contribution < -0.4 is 0 Å². The summed E-state index contributed by atoms with van der Waals surface area (Å²) in [5.74, 6) is 7.00. The summed E-state index contributed by atoms with van der Waals surface area (Å²) in [7, 11) is 0. The Morgan fingerprint density at radius 2 is 1.96 bits per heavy atom. The van der Waals surface area contributed by atoms with Gasteiger partial charge in [-0.25, -0.2) is 0 Å². The highest BCUT2D eigenvalue weighted by Crippen LogP contribution is 2.62. The number of rotatable bonds is 0. The van der Waals surface area contributed by atoms with Crippen molar-refractivity contribution in [3.05, 3.63) is 22.8 Å². The standard InChI is InChI=1S/C23H30O3/c1-3-9-22(24)11-8-20-19-5-4-16-15-23(25-13-14-26-23)12-7-17(16)18(19)6-10-21(20,22)2/h6,19-20,24H,4-5,7-8,10-15H2,1-2H3/t19?,20?,21-,22-/m0/s1. The molecule has 4 atom stereocenters. The summed E-state index contributed by atoms with van der Waals surface area (Å²) in [5.41, 5.74) is 3.85. The Bertz CT molecular complexity index is 745. The number of allylic oxidation sites excluding steroid dienone is 3. The first-order chi connectivity index (χ1) is 12.5. The fourth-order valence-electron chi connectivity index (χ4n) is 6.72. The Balaban J connectivity index is 1.48. The third-order valence-electron chi connectivity index (χ3n) is 8.13. The number of aliphatic hydroxyl groups is 1. The minimum Gasteiger partial charge on any atom is -0.377 e. The lowest BCUT2D eigenvalue weighted by molar-refractivity contribution is -0.164. The molecule has 0 amide bonds. The summed E-state index contributed by atoms with van der Waals surface area (Å²) >= 11 is 0. The van der Waals surface area contributed by atoms with Gasteiger partial charge in [-0.3, -0.25) is 0 Å². The van der Waals surface area contributed by atoms with Crippen LogP contribution in [-0.4, -0.2) is 29.7 Å².